The van der Waals surface area contributed by atoms with Crippen LogP contribution in [-0.4, -0.2) is 44.7 Å². The van der Waals surface area contributed by atoms with E-state index in [4.69, 9.17) is 4.74 Å². The third kappa shape index (κ3) is 3.61. The van der Waals surface area contributed by atoms with Gasteiger partial charge >= 0.3 is 0 Å². The van der Waals surface area contributed by atoms with Crippen molar-refractivity contribution in [3.63, 3.8) is 0 Å². The first kappa shape index (κ1) is 16.8. The Morgan fingerprint density at radius 2 is 1.82 bits per heavy atom. The Hall–Kier alpha value is -1.56. The van der Waals surface area contributed by atoms with Crippen LogP contribution in [0.2, 0.25) is 0 Å². The number of hydrogen-bond donors (Lipinski definition) is 0. The summed E-state index contributed by atoms with van der Waals surface area (Å²) in [6.07, 6.45) is 2.37. The Morgan fingerprint density at radius 3 is 2.32 bits per heavy atom. The van der Waals surface area contributed by atoms with Gasteiger partial charge in [-0.3, -0.25) is 4.79 Å². The molecule has 22 heavy (non-hydrogen) atoms. The largest absolute Gasteiger partial charge is 0.497 e. The van der Waals surface area contributed by atoms with Gasteiger partial charge in [-0.25, -0.2) is 8.42 Å². The second-order valence-corrected chi connectivity index (χ2v) is 7.78. The van der Waals surface area contributed by atoms with Gasteiger partial charge in [0.15, 0.2) is 9.84 Å². The summed E-state index contributed by atoms with van der Waals surface area (Å²) in [5.74, 6) is 0.765. The van der Waals surface area contributed by atoms with Crippen molar-refractivity contribution in [1.82, 2.24) is 4.90 Å². The van der Waals surface area contributed by atoms with Crippen LogP contribution in [0.3, 0.4) is 0 Å². The maximum Gasteiger partial charge on any atom is 0.222 e. The van der Waals surface area contributed by atoms with Crippen LogP contribution in [0.4, 0.5) is 0 Å². The van der Waals surface area contributed by atoms with Gasteiger partial charge in [0.1, 0.15) is 5.75 Å². The van der Waals surface area contributed by atoms with Gasteiger partial charge < -0.3 is 9.64 Å². The molecule has 1 aromatic carbocycles. The van der Waals surface area contributed by atoms with Gasteiger partial charge in [-0.1, -0.05) is 6.92 Å². The molecule has 0 saturated carbocycles. The predicted octanol–water partition coefficient (Wildman–Crippen LogP) is 2.26. The Bertz CT molecular complexity index is 602. The monoisotopic (exact) mass is 325 g/mol. The van der Waals surface area contributed by atoms with Gasteiger partial charge in [0.05, 0.1) is 17.3 Å². The predicted molar refractivity (Wildman–Crippen MR) is 84.7 cm³/mol. The van der Waals surface area contributed by atoms with Crippen LogP contribution >= 0.6 is 0 Å². The number of hydrogen-bond acceptors (Lipinski definition) is 4. The number of ether oxygens (including phenoxy) is 1. The topological polar surface area (TPSA) is 63.7 Å². The summed E-state index contributed by atoms with van der Waals surface area (Å²) in [5, 5.41) is -0.411. The molecule has 1 aliphatic rings. The quantitative estimate of drug-likeness (QED) is 0.833. The number of nitrogens with zero attached hydrogens (tertiary/aromatic N) is 1. The molecule has 0 aliphatic carbocycles. The molecule has 1 fully saturated rings. The fraction of sp³-hybridized carbons (Fsp3) is 0.562. The van der Waals surface area contributed by atoms with Crippen LogP contribution in [0.1, 0.15) is 32.6 Å². The summed E-state index contributed by atoms with van der Waals surface area (Å²) in [7, 11) is -1.79. The number of piperidine rings is 1. The first-order chi connectivity index (χ1) is 10.5. The number of carbonyl (C=O) groups excluding carboxylic acids is 1. The second-order valence-electron chi connectivity index (χ2n) is 5.55. The number of benzene rings is 1. The minimum Gasteiger partial charge on any atom is -0.497 e. The van der Waals surface area contributed by atoms with E-state index in [1.165, 1.54) is 0 Å². The first-order valence-corrected chi connectivity index (χ1v) is 9.19. The number of sulfone groups is 1. The van der Waals surface area contributed by atoms with Crippen molar-refractivity contribution in [2.24, 2.45) is 0 Å². The molecule has 1 amide bonds. The Morgan fingerprint density at radius 1 is 1.23 bits per heavy atom. The van der Waals surface area contributed by atoms with Crippen molar-refractivity contribution < 1.29 is 17.9 Å². The fourth-order valence-corrected chi connectivity index (χ4v) is 4.48. The molecule has 122 valence electrons. The molecule has 5 nitrogen and oxygen atoms in total. The van der Waals surface area contributed by atoms with Gasteiger partial charge in [-0.15, -0.1) is 0 Å². The molecule has 1 saturated heterocycles. The summed E-state index contributed by atoms with van der Waals surface area (Å²) in [6.45, 7) is 3.02. The van der Waals surface area contributed by atoms with Crippen molar-refractivity contribution in [2.45, 2.75) is 42.8 Å². The third-order valence-corrected chi connectivity index (χ3v) is 6.36. The normalized spacial score (nSPS) is 16.5. The number of likely N-dealkylation sites (tertiary alicyclic amines) is 1. The minimum absolute atomic E-state index is 0.128. The molecule has 0 bridgehead atoms. The van der Waals surface area contributed by atoms with E-state index in [0.717, 1.165) is 6.42 Å². The van der Waals surface area contributed by atoms with E-state index in [-0.39, 0.29) is 5.91 Å². The minimum atomic E-state index is -3.34. The number of carbonyl (C=O) groups is 1. The summed E-state index contributed by atoms with van der Waals surface area (Å²) >= 11 is 0. The van der Waals surface area contributed by atoms with E-state index in [2.05, 4.69) is 0 Å². The Balaban J connectivity index is 2.04. The van der Waals surface area contributed by atoms with Crippen molar-refractivity contribution in [3.8, 4) is 5.75 Å². The maximum atomic E-state index is 12.6. The molecule has 0 N–H and O–H groups in total. The summed E-state index contributed by atoms with van der Waals surface area (Å²) in [4.78, 5) is 14.0. The molecule has 0 radical (unpaired) electrons. The average Bonchev–Trinajstić information content (AvgIpc) is 2.55. The molecule has 1 aliphatic heterocycles. The van der Waals surface area contributed by atoms with E-state index >= 15 is 0 Å². The highest BCUT2D eigenvalue weighted by atomic mass is 32.2. The van der Waals surface area contributed by atoms with Gasteiger partial charge in [-0.05, 0) is 43.5 Å². The number of rotatable bonds is 5. The van der Waals surface area contributed by atoms with E-state index < -0.39 is 15.1 Å². The molecule has 0 unspecified atom stereocenters. The highest BCUT2D eigenvalue weighted by Gasteiger charge is 2.32. The SMILES string of the molecule is CCCC(=O)N1CCC(S(=O)(=O)c2ccc(OC)cc2)CC1. The van der Waals surface area contributed by atoms with E-state index in [9.17, 15) is 13.2 Å². The zero-order valence-corrected chi connectivity index (χ0v) is 13.9. The molecule has 0 atom stereocenters. The van der Waals surface area contributed by atoms with Crippen LogP contribution in [0.25, 0.3) is 0 Å². The highest BCUT2D eigenvalue weighted by Crippen LogP contribution is 2.26. The van der Waals surface area contributed by atoms with Crippen LogP contribution in [0, 0.1) is 0 Å². The van der Waals surface area contributed by atoms with E-state index in [1.807, 2.05) is 6.92 Å². The third-order valence-electron chi connectivity index (χ3n) is 4.09. The van der Waals surface area contributed by atoms with Gasteiger partial charge in [0.25, 0.3) is 0 Å². The van der Waals surface area contributed by atoms with E-state index in [0.29, 0.717) is 43.0 Å². The van der Waals surface area contributed by atoms with Crippen LogP contribution in [0.5, 0.6) is 5.75 Å². The Kier molecular flexibility index (Phi) is 5.45. The van der Waals surface area contributed by atoms with E-state index in [1.54, 1.807) is 36.3 Å². The molecular weight excluding hydrogens is 302 g/mol. The smallest absolute Gasteiger partial charge is 0.222 e. The molecular formula is C16H23NO4S. The number of amides is 1. The van der Waals surface area contributed by atoms with Crippen LogP contribution in [0.15, 0.2) is 29.2 Å². The van der Waals surface area contributed by atoms with Crippen molar-refractivity contribution in [2.75, 3.05) is 20.2 Å². The lowest BCUT2D eigenvalue weighted by Gasteiger charge is -2.31. The van der Waals surface area contributed by atoms with Crippen molar-refractivity contribution in [3.05, 3.63) is 24.3 Å². The zero-order valence-electron chi connectivity index (χ0n) is 13.1. The van der Waals surface area contributed by atoms with Crippen LogP contribution in [-0.2, 0) is 14.6 Å². The van der Waals surface area contributed by atoms with Gasteiger partial charge in [0.2, 0.25) is 5.91 Å². The van der Waals surface area contributed by atoms with Gasteiger partial charge in [-0.2, -0.15) is 0 Å². The van der Waals surface area contributed by atoms with Crippen LogP contribution < -0.4 is 4.74 Å². The van der Waals surface area contributed by atoms with Crippen molar-refractivity contribution >= 4 is 15.7 Å². The lowest BCUT2D eigenvalue weighted by molar-refractivity contribution is -0.132. The van der Waals surface area contributed by atoms with Crippen molar-refractivity contribution in [1.29, 1.82) is 0 Å². The molecule has 6 heteroatoms. The standard InChI is InChI=1S/C16H23NO4S/c1-3-4-16(18)17-11-9-15(10-12-17)22(19,20)14-7-5-13(21-2)6-8-14/h5-8,15H,3-4,9-12H2,1-2H3. The molecule has 0 spiro atoms. The average molecular weight is 325 g/mol. The molecule has 2 rings (SSSR count). The molecule has 1 aromatic rings. The Labute approximate surface area is 132 Å². The molecule has 0 aromatic heterocycles. The summed E-state index contributed by atoms with van der Waals surface area (Å²) in [6, 6.07) is 6.49. The summed E-state index contributed by atoms with van der Waals surface area (Å²) < 4.78 is 30.3. The second kappa shape index (κ2) is 7.13. The lowest BCUT2D eigenvalue weighted by atomic mass is 10.1. The number of methoxy groups -OCH3 is 1. The zero-order chi connectivity index (χ0) is 16.2. The fourth-order valence-electron chi connectivity index (χ4n) is 2.75. The maximum absolute atomic E-state index is 12.6. The highest BCUT2D eigenvalue weighted by molar-refractivity contribution is 7.92. The summed E-state index contributed by atoms with van der Waals surface area (Å²) in [5.41, 5.74) is 0. The first-order valence-electron chi connectivity index (χ1n) is 7.64. The molecule has 1 heterocycles. The van der Waals surface area contributed by atoms with Gasteiger partial charge in [0, 0.05) is 19.5 Å². The lowest BCUT2D eigenvalue weighted by Crippen LogP contribution is -2.42.